The van der Waals surface area contributed by atoms with Crippen molar-refractivity contribution in [1.29, 1.82) is 5.41 Å². The summed E-state index contributed by atoms with van der Waals surface area (Å²) in [5.41, 5.74) is 10.2. The van der Waals surface area contributed by atoms with Crippen molar-refractivity contribution in [2.45, 2.75) is 45.7 Å². The van der Waals surface area contributed by atoms with Crippen LogP contribution in [0.3, 0.4) is 0 Å². The van der Waals surface area contributed by atoms with E-state index in [4.69, 9.17) is 16.1 Å². The van der Waals surface area contributed by atoms with Gasteiger partial charge in [-0.2, -0.15) is 4.39 Å². The summed E-state index contributed by atoms with van der Waals surface area (Å²) in [7, 11) is 1.60. The third-order valence-electron chi connectivity index (χ3n) is 7.71. The number of pyridine rings is 1. The van der Waals surface area contributed by atoms with Crippen molar-refractivity contribution in [2.75, 3.05) is 11.1 Å². The number of aromatic nitrogens is 3. The van der Waals surface area contributed by atoms with Crippen LogP contribution in [-0.2, 0) is 13.6 Å². The molecule has 4 aromatic rings. The van der Waals surface area contributed by atoms with Gasteiger partial charge in [0.1, 0.15) is 17.2 Å². The van der Waals surface area contributed by atoms with Crippen LogP contribution in [-0.4, -0.2) is 20.0 Å². The standard InChI is InChI=1S/C31H34FN7O/c1-19-8-7-11-25(19)39-28(33)26(30(40)38(3)31(39)34)29(36-23-9-5-4-6-10-23)35-18-21-13-15-22(16-14-21)24-17-12-20(2)27(32)37-24/h4-6,9-10,12-17,19,25,34H,7-8,11,18,33H2,1-3H3,(H,35,36). The van der Waals surface area contributed by atoms with Crippen LogP contribution >= 0.6 is 0 Å². The second kappa shape index (κ2) is 11.3. The zero-order chi connectivity index (χ0) is 28.4. The highest BCUT2D eigenvalue weighted by Gasteiger charge is 2.29. The van der Waals surface area contributed by atoms with Crippen molar-refractivity contribution in [3.8, 4) is 11.3 Å². The van der Waals surface area contributed by atoms with Gasteiger partial charge < -0.3 is 11.1 Å². The Labute approximate surface area is 232 Å². The Bertz CT molecular complexity index is 1670. The minimum Gasteiger partial charge on any atom is -0.384 e. The van der Waals surface area contributed by atoms with Gasteiger partial charge in [0, 0.05) is 29.9 Å². The Morgan fingerprint density at radius 1 is 1.12 bits per heavy atom. The lowest BCUT2D eigenvalue weighted by Crippen LogP contribution is -2.45. The molecule has 9 heteroatoms. The number of nitrogen functional groups attached to an aromatic ring is 1. The molecule has 5 rings (SSSR count). The zero-order valence-electron chi connectivity index (χ0n) is 23.0. The van der Waals surface area contributed by atoms with Gasteiger partial charge >= 0.3 is 0 Å². The van der Waals surface area contributed by atoms with Crippen LogP contribution in [0.5, 0.6) is 0 Å². The molecule has 206 valence electrons. The predicted octanol–water partition coefficient (Wildman–Crippen LogP) is 5.18. The van der Waals surface area contributed by atoms with E-state index in [1.54, 1.807) is 30.7 Å². The van der Waals surface area contributed by atoms with Crippen molar-refractivity contribution in [3.05, 3.63) is 105 Å². The smallest absolute Gasteiger partial charge is 0.267 e. The van der Waals surface area contributed by atoms with Crippen LogP contribution in [0, 0.1) is 24.2 Å². The van der Waals surface area contributed by atoms with Crippen molar-refractivity contribution >= 4 is 17.3 Å². The number of amidine groups is 1. The number of halogens is 1. The number of aryl methyl sites for hydroxylation is 1. The van der Waals surface area contributed by atoms with Crippen molar-refractivity contribution in [1.82, 2.24) is 14.1 Å². The van der Waals surface area contributed by atoms with Gasteiger partial charge in [-0.15, -0.1) is 0 Å². The molecule has 2 heterocycles. The van der Waals surface area contributed by atoms with E-state index in [1.807, 2.05) is 54.6 Å². The lowest BCUT2D eigenvalue weighted by molar-refractivity contribution is 0.381. The van der Waals surface area contributed by atoms with Crippen molar-refractivity contribution in [3.63, 3.8) is 0 Å². The van der Waals surface area contributed by atoms with E-state index in [-0.39, 0.29) is 35.1 Å². The van der Waals surface area contributed by atoms with Crippen LogP contribution in [0.4, 0.5) is 15.9 Å². The topological polar surface area (TPSA) is 114 Å². The van der Waals surface area contributed by atoms with Crippen LogP contribution < -0.4 is 22.2 Å². The molecule has 1 aliphatic carbocycles. The van der Waals surface area contributed by atoms with Gasteiger partial charge in [0.2, 0.25) is 11.6 Å². The molecule has 0 bridgehead atoms. The Kier molecular flexibility index (Phi) is 7.64. The first-order valence-corrected chi connectivity index (χ1v) is 13.5. The molecule has 40 heavy (non-hydrogen) atoms. The molecule has 1 fully saturated rings. The van der Waals surface area contributed by atoms with E-state index in [9.17, 15) is 9.18 Å². The van der Waals surface area contributed by atoms with Crippen LogP contribution in [0.15, 0.2) is 76.5 Å². The summed E-state index contributed by atoms with van der Waals surface area (Å²) >= 11 is 0. The van der Waals surface area contributed by atoms with Gasteiger partial charge in [-0.1, -0.05) is 61.9 Å². The second-order valence-electron chi connectivity index (χ2n) is 10.5. The maximum absolute atomic E-state index is 14.0. The summed E-state index contributed by atoms with van der Waals surface area (Å²) in [6.45, 7) is 4.12. The second-order valence-corrected chi connectivity index (χ2v) is 10.5. The largest absolute Gasteiger partial charge is 0.384 e. The number of aliphatic imine (C=N–C) groups is 1. The fraction of sp³-hybridized carbons (Fsp3) is 0.290. The van der Waals surface area contributed by atoms with Crippen molar-refractivity contribution in [2.24, 2.45) is 18.0 Å². The normalized spacial score (nSPS) is 17.2. The lowest BCUT2D eigenvalue weighted by Gasteiger charge is -2.25. The summed E-state index contributed by atoms with van der Waals surface area (Å²) in [5, 5.41) is 12.0. The molecule has 0 saturated heterocycles. The molecule has 8 nitrogen and oxygen atoms in total. The van der Waals surface area contributed by atoms with Gasteiger partial charge in [-0.25, -0.2) is 4.98 Å². The van der Waals surface area contributed by atoms with E-state index >= 15 is 0 Å². The lowest BCUT2D eigenvalue weighted by atomic mass is 10.1. The first kappa shape index (κ1) is 27.1. The van der Waals surface area contributed by atoms with E-state index in [0.717, 1.165) is 36.1 Å². The minimum atomic E-state index is -0.482. The van der Waals surface area contributed by atoms with E-state index in [2.05, 4.69) is 17.2 Å². The van der Waals surface area contributed by atoms with E-state index in [0.29, 0.717) is 23.0 Å². The predicted molar refractivity (Wildman–Crippen MR) is 157 cm³/mol. The van der Waals surface area contributed by atoms with Gasteiger partial charge in [0.25, 0.3) is 5.56 Å². The summed E-state index contributed by atoms with van der Waals surface area (Å²) < 4.78 is 17.1. The molecule has 2 aromatic carbocycles. The van der Waals surface area contributed by atoms with E-state index < -0.39 is 5.95 Å². The number of hydrogen-bond donors (Lipinski definition) is 3. The third-order valence-corrected chi connectivity index (χ3v) is 7.71. The average Bonchev–Trinajstić information content (AvgIpc) is 3.38. The number of nitrogens with one attached hydrogen (secondary N) is 2. The highest BCUT2D eigenvalue weighted by atomic mass is 19.1. The number of rotatable bonds is 6. The van der Waals surface area contributed by atoms with Crippen LogP contribution in [0.1, 0.15) is 48.9 Å². The fourth-order valence-corrected chi connectivity index (χ4v) is 5.29. The highest BCUT2D eigenvalue weighted by molar-refractivity contribution is 6.10. The third kappa shape index (κ3) is 5.32. The number of para-hydroxylation sites is 1. The first-order valence-electron chi connectivity index (χ1n) is 13.5. The number of nitrogens with two attached hydrogens (primary N) is 1. The van der Waals surface area contributed by atoms with E-state index in [1.165, 1.54) is 4.57 Å². The Balaban J connectivity index is 1.55. The summed E-state index contributed by atoms with van der Waals surface area (Å²) in [6, 6.07) is 20.6. The molecule has 1 aliphatic rings. The molecule has 0 spiro atoms. The molecule has 0 amide bonds. The number of nitrogens with zero attached hydrogens (tertiary/aromatic N) is 4. The first-order chi connectivity index (χ1) is 19.2. The SMILES string of the molecule is Cc1ccc(-c2ccc(CN=C(Nc3ccccc3)c3c(N)n(C4CCCC4C)c(=N)n(C)c3=O)cc2)nc1F. The van der Waals surface area contributed by atoms with Gasteiger partial charge in [-0.05, 0) is 49.4 Å². The summed E-state index contributed by atoms with van der Waals surface area (Å²) in [4.78, 5) is 22.4. The molecule has 1 saturated carbocycles. The molecule has 2 atom stereocenters. The van der Waals surface area contributed by atoms with Crippen LogP contribution in [0.2, 0.25) is 0 Å². The van der Waals surface area contributed by atoms with Gasteiger partial charge in [-0.3, -0.25) is 24.3 Å². The van der Waals surface area contributed by atoms with Crippen LogP contribution in [0.25, 0.3) is 11.3 Å². The quantitative estimate of drug-likeness (QED) is 0.178. The van der Waals surface area contributed by atoms with Gasteiger partial charge in [0.15, 0.2) is 0 Å². The Morgan fingerprint density at radius 2 is 1.85 bits per heavy atom. The minimum absolute atomic E-state index is 0.0452. The molecule has 4 N–H and O–H groups in total. The summed E-state index contributed by atoms with van der Waals surface area (Å²) in [6.07, 6.45) is 3.02. The van der Waals surface area contributed by atoms with Gasteiger partial charge in [0.05, 0.1) is 12.2 Å². The summed E-state index contributed by atoms with van der Waals surface area (Å²) in [5.74, 6) is 0.455. The zero-order valence-corrected chi connectivity index (χ0v) is 23.0. The maximum atomic E-state index is 14.0. The number of benzene rings is 2. The number of anilines is 2. The Morgan fingerprint density at radius 3 is 2.50 bits per heavy atom. The average molecular weight is 540 g/mol. The molecule has 0 aliphatic heterocycles. The molecule has 2 unspecified atom stereocenters. The molecule has 0 radical (unpaired) electrons. The number of hydrogen-bond acceptors (Lipinski definition) is 5. The monoisotopic (exact) mass is 539 g/mol. The molecular formula is C31H34FN7O. The molecular weight excluding hydrogens is 505 g/mol. The van der Waals surface area contributed by atoms with Crippen molar-refractivity contribution < 1.29 is 4.39 Å². The maximum Gasteiger partial charge on any atom is 0.267 e. The fourth-order valence-electron chi connectivity index (χ4n) is 5.29. The highest BCUT2D eigenvalue weighted by Crippen LogP contribution is 2.35. The Hall–Kier alpha value is -4.53. The molecule has 2 aromatic heterocycles.